The van der Waals surface area contributed by atoms with Gasteiger partial charge in [0.15, 0.2) is 22.1 Å². The summed E-state index contributed by atoms with van der Waals surface area (Å²) >= 11 is 1.02. The molecule has 1 unspecified atom stereocenters. The number of amides is 1. The van der Waals surface area contributed by atoms with Gasteiger partial charge in [-0.25, -0.2) is 9.78 Å². The second kappa shape index (κ2) is 12.0. The second-order valence-corrected chi connectivity index (χ2v) is 11.9. The molecule has 2 aromatic heterocycles. The van der Waals surface area contributed by atoms with Gasteiger partial charge in [-0.15, -0.1) is 0 Å². The number of fused-ring (bicyclic) bond motifs is 2. The molecule has 0 N–H and O–H groups in total. The zero-order valence-electron chi connectivity index (χ0n) is 25.1. The molecule has 0 radical (unpaired) electrons. The Balaban J connectivity index is 1.68. The van der Waals surface area contributed by atoms with Crippen LogP contribution in [0.3, 0.4) is 0 Å². The summed E-state index contributed by atoms with van der Waals surface area (Å²) in [4.78, 5) is 47.2. The van der Waals surface area contributed by atoms with E-state index in [4.69, 9.17) is 18.6 Å². The number of methoxy groups -OCH3 is 1. The summed E-state index contributed by atoms with van der Waals surface area (Å²) in [6.45, 7) is 13.9. The molecule has 0 bridgehead atoms. The van der Waals surface area contributed by atoms with Crippen LogP contribution in [-0.2, 0) is 4.74 Å². The smallest absolute Gasteiger partial charge is 0.350 e. The maximum atomic E-state index is 14.1. The van der Waals surface area contributed by atoms with E-state index in [1.165, 1.54) is 18.1 Å². The number of aryl methyl sites for hydroxylation is 3. The van der Waals surface area contributed by atoms with Gasteiger partial charge in [-0.1, -0.05) is 43.9 Å². The number of esters is 1. The van der Waals surface area contributed by atoms with Gasteiger partial charge in [-0.05, 0) is 74.1 Å². The summed E-state index contributed by atoms with van der Waals surface area (Å²) in [6.07, 6.45) is 2.35. The lowest BCUT2D eigenvalue weighted by atomic mass is 9.97. The highest BCUT2D eigenvalue weighted by Crippen LogP contribution is 2.45. The molecule has 10 heteroatoms. The van der Waals surface area contributed by atoms with E-state index in [9.17, 15) is 14.4 Å². The molecule has 43 heavy (non-hydrogen) atoms. The highest BCUT2D eigenvalue weighted by molar-refractivity contribution is 7.17. The van der Waals surface area contributed by atoms with E-state index in [0.29, 0.717) is 46.3 Å². The van der Waals surface area contributed by atoms with Crippen molar-refractivity contribution in [1.82, 2.24) is 4.98 Å². The number of hydrogen-bond acceptors (Lipinski definition) is 9. The lowest BCUT2D eigenvalue weighted by Crippen LogP contribution is -2.29. The van der Waals surface area contributed by atoms with Crippen LogP contribution >= 0.6 is 11.3 Å². The van der Waals surface area contributed by atoms with E-state index in [1.54, 1.807) is 37.3 Å². The summed E-state index contributed by atoms with van der Waals surface area (Å²) in [5, 5.41) is 0.614. The molecular weight excluding hydrogens is 568 g/mol. The summed E-state index contributed by atoms with van der Waals surface area (Å²) < 4.78 is 23.0. The lowest BCUT2D eigenvalue weighted by Gasteiger charge is -2.23. The predicted molar refractivity (Wildman–Crippen MR) is 166 cm³/mol. The minimum Gasteiger partial charge on any atom is -0.493 e. The minimum atomic E-state index is -0.897. The summed E-state index contributed by atoms with van der Waals surface area (Å²) in [5.74, 6) is 0.317. The summed E-state index contributed by atoms with van der Waals surface area (Å²) in [6, 6.07) is 7.99. The fourth-order valence-electron chi connectivity index (χ4n) is 4.99. The van der Waals surface area contributed by atoms with Crippen molar-refractivity contribution in [3.63, 3.8) is 0 Å². The Morgan fingerprint density at radius 3 is 2.58 bits per heavy atom. The summed E-state index contributed by atoms with van der Waals surface area (Å²) in [5.41, 5.74) is 3.08. The van der Waals surface area contributed by atoms with Crippen LogP contribution in [0.1, 0.15) is 74.5 Å². The first-order chi connectivity index (χ1) is 20.5. The molecule has 0 aliphatic carbocycles. The highest BCUT2D eigenvalue weighted by Gasteiger charge is 2.45. The van der Waals surface area contributed by atoms with Gasteiger partial charge in [0.1, 0.15) is 17.1 Å². The molecule has 5 rings (SSSR count). The Bertz CT molecular complexity index is 1800. The average Bonchev–Trinajstić information content (AvgIpc) is 3.49. The lowest BCUT2D eigenvalue weighted by molar-refractivity contribution is 0.0554. The second-order valence-electron chi connectivity index (χ2n) is 10.9. The first-order valence-electron chi connectivity index (χ1n) is 14.0. The zero-order chi connectivity index (χ0) is 31.0. The van der Waals surface area contributed by atoms with Crippen molar-refractivity contribution >= 4 is 39.3 Å². The molecule has 0 saturated carbocycles. The van der Waals surface area contributed by atoms with Crippen LogP contribution in [0, 0.1) is 26.7 Å². The molecule has 0 saturated heterocycles. The van der Waals surface area contributed by atoms with Crippen LogP contribution in [0.4, 0.5) is 5.13 Å². The maximum absolute atomic E-state index is 14.1. The number of thiazole rings is 1. The van der Waals surface area contributed by atoms with Crippen LogP contribution in [0.15, 0.2) is 52.2 Å². The first-order valence-corrected chi connectivity index (χ1v) is 14.8. The molecule has 1 atom stereocenters. The van der Waals surface area contributed by atoms with Gasteiger partial charge < -0.3 is 18.6 Å². The van der Waals surface area contributed by atoms with E-state index in [0.717, 1.165) is 28.9 Å². The van der Waals surface area contributed by atoms with Gasteiger partial charge in [0.2, 0.25) is 5.76 Å². The molecule has 224 valence electrons. The van der Waals surface area contributed by atoms with E-state index < -0.39 is 17.9 Å². The van der Waals surface area contributed by atoms with Crippen LogP contribution in [0.2, 0.25) is 0 Å². The Hall–Kier alpha value is -4.44. The predicted octanol–water partition coefficient (Wildman–Crippen LogP) is 6.70. The van der Waals surface area contributed by atoms with Crippen LogP contribution in [-0.4, -0.2) is 37.2 Å². The summed E-state index contributed by atoms with van der Waals surface area (Å²) in [7, 11) is 1.54. The molecule has 0 fully saturated rings. The largest absolute Gasteiger partial charge is 0.493 e. The van der Waals surface area contributed by atoms with Crippen LogP contribution in [0.5, 0.6) is 11.5 Å². The molecule has 4 aromatic rings. The SMILES string of the molecule is C=CCOC(=O)c1sc(N2C(=O)c3oc4cc(C)c(C)cc4c(=O)c3C2c2ccc(OCCC(C)C)c(OC)c2)nc1C. The minimum absolute atomic E-state index is 0.0391. The third-order valence-electron chi connectivity index (χ3n) is 7.45. The van der Waals surface area contributed by atoms with Crippen molar-refractivity contribution in [2.45, 2.75) is 47.1 Å². The van der Waals surface area contributed by atoms with Crippen molar-refractivity contribution in [2.24, 2.45) is 5.92 Å². The van der Waals surface area contributed by atoms with E-state index in [1.807, 2.05) is 13.8 Å². The zero-order valence-corrected chi connectivity index (χ0v) is 25.9. The standard InChI is InChI=1S/C33H34N2O7S/c1-8-12-41-32(38)30-20(6)34-33(43-30)35-27(21-9-10-23(25(16-21)39-7)40-13-11-17(2)3)26-28(36)22-14-18(4)19(5)15-24(22)42-29(26)31(35)37/h8-10,14-17,27H,1,11-13H2,2-7H3. The normalized spacial score (nSPS) is 14.3. The quantitative estimate of drug-likeness (QED) is 0.146. The number of aromatic nitrogens is 1. The molecule has 3 heterocycles. The van der Waals surface area contributed by atoms with Crippen molar-refractivity contribution in [3.8, 4) is 11.5 Å². The molecule has 1 aliphatic heterocycles. The Kier molecular flexibility index (Phi) is 8.41. The highest BCUT2D eigenvalue weighted by atomic mass is 32.1. The topological polar surface area (TPSA) is 108 Å². The number of anilines is 1. The monoisotopic (exact) mass is 602 g/mol. The van der Waals surface area contributed by atoms with E-state index >= 15 is 0 Å². The number of rotatable bonds is 10. The van der Waals surface area contributed by atoms with Gasteiger partial charge in [-0.2, -0.15) is 0 Å². The van der Waals surface area contributed by atoms with Crippen molar-refractivity contribution in [1.29, 1.82) is 0 Å². The fraction of sp³-hybridized carbons (Fsp3) is 0.333. The van der Waals surface area contributed by atoms with Gasteiger partial charge in [-0.3, -0.25) is 14.5 Å². The third-order valence-corrected chi connectivity index (χ3v) is 8.59. The van der Waals surface area contributed by atoms with E-state index in [-0.39, 0.29) is 33.4 Å². The molecule has 2 aromatic carbocycles. The van der Waals surface area contributed by atoms with E-state index in [2.05, 4.69) is 25.4 Å². The molecule has 0 spiro atoms. The van der Waals surface area contributed by atoms with Gasteiger partial charge in [0.05, 0.1) is 36.4 Å². The Morgan fingerprint density at radius 2 is 1.88 bits per heavy atom. The Morgan fingerprint density at radius 1 is 1.14 bits per heavy atom. The first kappa shape index (κ1) is 30.0. The average molecular weight is 603 g/mol. The van der Waals surface area contributed by atoms with Crippen molar-refractivity contribution in [2.75, 3.05) is 25.2 Å². The molecule has 1 amide bonds. The van der Waals surface area contributed by atoms with Crippen LogP contribution in [0.25, 0.3) is 11.0 Å². The van der Waals surface area contributed by atoms with Gasteiger partial charge >= 0.3 is 5.97 Å². The van der Waals surface area contributed by atoms with Gasteiger partial charge in [0.25, 0.3) is 5.91 Å². The van der Waals surface area contributed by atoms with Crippen LogP contribution < -0.4 is 19.8 Å². The number of nitrogens with zero attached hydrogens (tertiary/aromatic N) is 2. The third kappa shape index (κ3) is 5.54. The number of benzene rings is 2. The number of hydrogen-bond donors (Lipinski definition) is 0. The maximum Gasteiger partial charge on any atom is 0.350 e. The fourth-order valence-corrected chi connectivity index (χ4v) is 5.98. The number of carbonyl (C=O) groups excluding carboxylic acids is 2. The molecule has 9 nitrogen and oxygen atoms in total. The molecule has 1 aliphatic rings. The number of carbonyl (C=O) groups is 2. The van der Waals surface area contributed by atoms with Crippen molar-refractivity contribution in [3.05, 3.63) is 91.8 Å². The number of ether oxygens (including phenoxy) is 3. The molecular formula is C33H34N2O7S. The Labute approximate surface area is 253 Å². The van der Waals surface area contributed by atoms with Crippen molar-refractivity contribution < 1.29 is 28.2 Å². The van der Waals surface area contributed by atoms with Gasteiger partial charge in [0, 0.05) is 0 Å².